The molecule has 0 radical (unpaired) electrons. The van der Waals surface area contributed by atoms with Crippen LogP contribution in [0.25, 0.3) is 0 Å². The van der Waals surface area contributed by atoms with Gasteiger partial charge in [-0.15, -0.1) is 0 Å². The van der Waals surface area contributed by atoms with E-state index in [1.807, 2.05) is 0 Å². The SMILES string of the molecule is Cn1nc(CC(N)CC(C)(C)C)nc1N. The van der Waals surface area contributed by atoms with Gasteiger partial charge in [0, 0.05) is 19.5 Å². The van der Waals surface area contributed by atoms with Crippen molar-refractivity contribution in [3.05, 3.63) is 5.82 Å². The molecule has 86 valence electrons. The number of hydrogen-bond donors (Lipinski definition) is 2. The first-order valence-electron chi connectivity index (χ1n) is 5.19. The molecule has 0 spiro atoms. The monoisotopic (exact) mass is 211 g/mol. The summed E-state index contributed by atoms with van der Waals surface area (Å²) >= 11 is 0. The summed E-state index contributed by atoms with van der Waals surface area (Å²) in [5.74, 6) is 1.17. The van der Waals surface area contributed by atoms with Crippen LogP contribution in [-0.2, 0) is 13.5 Å². The van der Waals surface area contributed by atoms with Crippen LogP contribution in [-0.4, -0.2) is 20.8 Å². The molecule has 5 heteroatoms. The van der Waals surface area contributed by atoms with Crippen molar-refractivity contribution in [2.75, 3.05) is 5.73 Å². The molecule has 1 heterocycles. The molecule has 1 atom stereocenters. The molecule has 4 N–H and O–H groups in total. The van der Waals surface area contributed by atoms with Crippen molar-refractivity contribution in [3.8, 4) is 0 Å². The third-order valence-electron chi connectivity index (χ3n) is 2.16. The predicted molar refractivity (Wildman–Crippen MR) is 61.2 cm³/mol. The van der Waals surface area contributed by atoms with Crippen LogP contribution in [0.5, 0.6) is 0 Å². The molecule has 1 rings (SSSR count). The lowest BCUT2D eigenvalue weighted by Gasteiger charge is -2.22. The van der Waals surface area contributed by atoms with Crippen LogP contribution in [0.2, 0.25) is 0 Å². The molecular formula is C10H21N5. The van der Waals surface area contributed by atoms with Crippen LogP contribution in [0.1, 0.15) is 33.0 Å². The Morgan fingerprint density at radius 1 is 1.40 bits per heavy atom. The average molecular weight is 211 g/mol. The zero-order chi connectivity index (χ0) is 11.6. The third kappa shape index (κ3) is 3.87. The number of nitrogens with two attached hydrogens (primary N) is 2. The Bertz CT molecular complexity index is 304. The maximum absolute atomic E-state index is 6.02. The summed E-state index contributed by atoms with van der Waals surface area (Å²) < 4.78 is 1.57. The summed E-state index contributed by atoms with van der Waals surface area (Å²) in [7, 11) is 1.78. The van der Waals surface area contributed by atoms with Crippen molar-refractivity contribution in [1.82, 2.24) is 14.8 Å². The van der Waals surface area contributed by atoms with Gasteiger partial charge in [0.05, 0.1) is 0 Å². The lowest BCUT2D eigenvalue weighted by Crippen LogP contribution is -2.28. The first-order chi connectivity index (χ1) is 6.78. The Balaban J connectivity index is 2.55. The van der Waals surface area contributed by atoms with Crippen molar-refractivity contribution in [3.63, 3.8) is 0 Å². The van der Waals surface area contributed by atoms with Crippen LogP contribution in [0.15, 0.2) is 0 Å². The molecule has 0 aliphatic carbocycles. The first-order valence-corrected chi connectivity index (χ1v) is 5.19. The normalized spacial score (nSPS) is 14.2. The fraction of sp³-hybridized carbons (Fsp3) is 0.800. The maximum atomic E-state index is 6.02. The van der Waals surface area contributed by atoms with Crippen molar-refractivity contribution in [2.45, 2.75) is 39.7 Å². The van der Waals surface area contributed by atoms with Crippen LogP contribution < -0.4 is 11.5 Å². The Morgan fingerprint density at radius 2 is 2.00 bits per heavy atom. The van der Waals surface area contributed by atoms with Gasteiger partial charge in [-0.2, -0.15) is 10.1 Å². The van der Waals surface area contributed by atoms with Gasteiger partial charge in [-0.05, 0) is 11.8 Å². The highest BCUT2D eigenvalue weighted by Crippen LogP contribution is 2.21. The van der Waals surface area contributed by atoms with Crippen molar-refractivity contribution < 1.29 is 0 Å². The summed E-state index contributed by atoms with van der Waals surface area (Å²) in [4.78, 5) is 4.13. The van der Waals surface area contributed by atoms with Crippen molar-refractivity contribution in [2.24, 2.45) is 18.2 Å². The minimum Gasteiger partial charge on any atom is -0.368 e. The Labute approximate surface area is 90.9 Å². The first kappa shape index (κ1) is 12.0. The smallest absolute Gasteiger partial charge is 0.218 e. The van der Waals surface area contributed by atoms with E-state index in [-0.39, 0.29) is 11.5 Å². The van der Waals surface area contributed by atoms with E-state index in [9.17, 15) is 0 Å². The van der Waals surface area contributed by atoms with Crippen LogP contribution in [0.4, 0.5) is 5.95 Å². The molecular weight excluding hydrogens is 190 g/mol. The summed E-state index contributed by atoms with van der Waals surface area (Å²) in [6, 6.07) is 0.0896. The lowest BCUT2D eigenvalue weighted by molar-refractivity contribution is 0.336. The van der Waals surface area contributed by atoms with E-state index in [0.717, 1.165) is 12.2 Å². The average Bonchev–Trinajstić information content (AvgIpc) is 2.26. The predicted octanol–water partition coefficient (Wildman–Crippen LogP) is 0.703. The summed E-state index contributed by atoms with van der Waals surface area (Å²) in [5.41, 5.74) is 11.8. The molecule has 0 bridgehead atoms. The second-order valence-electron chi connectivity index (χ2n) is 5.24. The van der Waals surface area contributed by atoms with Gasteiger partial charge in [0.15, 0.2) is 5.82 Å². The van der Waals surface area contributed by atoms with Gasteiger partial charge in [-0.1, -0.05) is 20.8 Å². The third-order valence-corrected chi connectivity index (χ3v) is 2.16. The zero-order valence-corrected chi connectivity index (χ0v) is 9.99. The Hall–Kier alpha value is -1.10. The highest BCUT2D eigenvalue weighted by Gasteiger charge is 2.17. The molecule has 1 unspecified atom stereocenters. The molecule has 0 aromatic carbocycles. The number of rotatable bonds is 3. The topological polar surface area (TPSA) is 82.8 Å². The van der Waals surface area contributed by atoms with Gasteiger partial charge in [0.1, 0.15) is 0 Å². The fourth-order valence-corrected chi connectivity index (χ4v) is 1.63. The number of aromatic nitrogens is 3. The number of hydrogen-bond acceptors (Lipinski definition) is 4. The summed E-state index contributed by atoms with van der Waals surface area (Å²) in [6.07, 6.45) is 1.63. The van der Waals surface area contributed by atoms with E-state index in [4.69, 9.17) is 11.5 Å². The standard InChI is InChI=1S/C10H21N5/c1-10(2,3)6-7(11)5-8-13-9(12)15(4)14-8/h7H,5-6,11H2,1-4H3,(H2,12,13,14). The van der Waals surface area contributed by atoms with E-state index >= 15 is 0 Å². The Kier molecular flexibility index (Phi) is 3.34. The summed E-state index contributed by atoms with van der Waals surface area (Å²) in [6.45, 7) is 6.52. The van der Waals surface area contributed by atoms with E-state index in [1.165, 1.54) is 0 Å². The molecule has 5 nitrogen and oxygen atoms in total. The molecule has 0 aliphatic rings. The van der Waals surface area contributed by atoms with Crippen LogP contribution in [0, 0.1) is 5.41 Å². The van der Waals surface area contributed by atoms with E-state index in [1.54, 1.807) is 11.7 Å². The van der Waals surface area contributed by atoms with Crippen molar-refractivity contribution >= 4 is 5.95 Å². The highest BCUT2D eigenvalue weighted by molar-refractivity contribution is 5.15. The maximum Gasteiger partial charge on any atom is 0.218 e. The number of anilines is 1. The largest absolute Gasteiger partial charge is 0.368 e. The molecule has 15 heavy (non-hydrogen) atoms. The summed E-state index contributed by atoms with van der Waals surface area (Å²) in [5, 5.41) is 4.18. The minimum absolute atomic E-state index is 0.0896. The van der Waals surface area contributed by atoms with Gasteiger partial charge < -0.3 is 11.5 Å². The number of aryl methyl sites for hydroxylation is 1. The van der Waals surface area contributed by atoms with Crippen LogP contribution >= 0.6 is 0 Å². The molecule has 0 aliphatic heterocycles. The number of nitrogen functional groups attached to an aromatic ring is 1. The molecule has 0 amide bonds. The molecule has 1 aromatic heterocycles. The van der Waals surface area contributed by atoms with Gasteiger partial charge in [-0.25, -0.2) is 4.68 Å². The lowest BCUT2D eigenvalue weighted by atomic mass is 9.87. The molecule has 0 saturated carbocycles. The van der Waals surface area contributed by atoms with E-state index in [0.29, 0.717) is 12.4 Å². The Morgan fingerprint density at radius 3 is 2.40 bits per heavy atom. The molecule has 0 saturated heterocycles. The van der Waals surface area contributed by atoms with Gasteiger partial charge in [0.25, 0.3) is 0 Å². The molecule has 0 fully saturated rings. The fourth-order valence-electron chi connectivity index (χ4n) is 1.63. The second kappa shape index (κ2) is 4.18. The van der Waals surface area contributed by atoms with E-state index in [2.05, 4.69) is 30.9 Å². The van der Waals surface area contributed by atoms with E-state index < -0.39 is 0 Å². The number of nitrogens with zero attached hydrogens (tertiary/aromatic N) is 3. The highest BCUT2D eigenvalue weighted by atomic mass is 15.4. The minimum atomic E-state index is 0.0896. The van der Waals surface area contributed by atoms with Crippen molar-refractivity contribution in [1.29, 1.82) is 0 Å². The van der Waals surface area contributed by atoms with Crippen LogP contribution in [0.3, 0.4) is 0 Å². The second-order valence-corrected chi connectivity index (χ2v) is 5.24. The van der Waals surface area contributed by atoms with Gasteiger partial charge in [0.2, 0.25) is 5.95 Å². The quantitative estimate of drug-likeness (QED) is 0.771. The van der Waals surface area contributed by atoms with Gasteiger partial charge >= 0.3 is 0 Å². The molecule has 1 aromatic rings. The zero-order valence-electron chi connectivity index (χ0n) is 9.99. The van der Waals surface area contributed by atoms with Gasteiger partial charge in [-0.3, -0.25) is 0 Å².